The van der Waals surface area contributed by atoms with Crippen LogP contribution in [-0.2, 0) is 4.79 Å². The Balaban J connectivity index is 1.61. The standard InChI is InChI=1S/C17H21N3O3/c1-3-4-10-17(19-20-17)11-12-18-16(21)9-13-23-15-8-6-5-7-14(15)22-2/h1,5-8H,4,9-13H2,2H3,(H,18,21). The van der Waals surface area contributed by atoms with E-state index in [0.29, 0.717) is 37.5 Å². The summed E-state index contributed by atoms with van der Waals surface area (Å²) in [5, 5.41) is 10.9. The van der Waals surface area contributed by atoms with E-state index in [4.69, 9.17) is 15.9 Å². The van der Waals surface area contributed by atoms with Crippen LogP contribution in [0.1, 0.15) is 25.7 Å². The van der Waals surface area contributed by atoms with Gasteiger partial charge in [0.05, 0.1) is 20.1 Å². The van der Waals surface area contributed by atoms with E-state index in [0.717, 1.165) is 6.42 Å². The van der Waals surface area contributed by atoms with Gasteiger partial charge in [-0.05, 0) is 12.1 Å². The van der Waals surface area contributed by atoms with E-state index in [9.17, 15) is 4.79 Å². The van der Waals surface area contributed by atoms with Crippen LogP contribution in [0, 0.1) is 12.3 Å². The molecule has 0 aliphatic carbocycles. The third-order valence-corrected chi connectivity index (χ3v) is 3.56. The van der Waals surface area contributed by atoms with Gasteiger partial charge in [-0.15, -0.1) is 12.3 Å². The van der Waals surface area contributed by atoms with Crippen LogP contribution >= 0.6 is 0 Å². The highest BCUT2D eigenvalue weighted by molar-refractivity contribution is 5.75. The number of nitrogens with one attached hydrogen (secondary N) is 1. The van der Waals surface area contributed by atoms with Crippen LogP contribution < -0.4 is 14.8 Å². The van der Waals surface area contributed by atoms with Crippen LogP contribution in [0.4, 0.5) is 0 Å². The van der Waals surface area contributed by atoms with E-state index < -0.39 is 0 Å². The molecule has 1 aromatic rings. The summed E-state index contributed by atoms with van der Waals surface area (Å²) in [6.45, 7) is 0.828. The summed E-state index contributed by atoms with van der Waals surface area (Å²) in [6, 6.07) is 7.34. The maximum atomic E-state index is 11.8. The lowest BCUT2D eigenvalue weighted by atomic mass is 10.0. The molecule has 0 aromatic heterocycles. The number of carbonyl (C=O) groups excluding carboxylic acids is 1. The molecule has 0 bridgehead atoms. The molecule has 1 aromatic carbocycles. The van der Waals surface area contributed by atoms with Crippen LogP contribution in [0.5, 0.6) is 11.5 Å². The van der Waals surface area contributed by atoms with Crippen LogP contribution in [0.3, 0.4) is 0 Å². The van der Waals surface area contributed by atoms with E-state index in [1.807, 2.05) is 24.3 Å². The number of para-hydroxylation sites is 2. The summed E-state index contributed by atoms with van der Waals surface area (Å²) in [5.41, 5.74) is -0.354. The Morgan fingerprint density at radius 1 is 1.30 bits per heavy atom. The number of amides is 1. The van der Waals surface area contributed by atoms with Gasteiger partial charge in [0.2, 0.25) is 5.91 Å². The van der Waals surface area contributed by atoms with Gasteiger partial charge in [0.1, 0.15) is 0 Å². The highest BCUT2D eigenvalue weighted by Crippen LogP contribution is 2.36. The van der Waals surface area contributed by atoms with E-state index in [2.05, 4.69) is 21.5 Å². The first-order valence-corrected chi connectivity index (χ1v) is 7.59. The van der Waals surface area contributed by atoms with Crippen molar-refractivity contribution in [2.24, 2.45) is 10.2 Å². The van der Waals surface area contributed by atoms with E-state index in [-0.39, 0.29) is 18.0 Å². The number of benzene rings is 1. The van der Waals surface area contributed by atoms with Gasteiger partial charge in [0.25, 0.3) is 0 Å². The van der Waals surface area contributed by atoms with Crippen molar-refractivity contribution < 1.29 is 14.3 Å². The first-order chi connectivity index (χ1) is 11.2. The van der Waals surface area contributed by atoms with Gasteiger partial charge in [0.15, 0.2) is 17.2 Å². The molecule has 1 heterocycles. The normalized spacial score (nSPS) is 13.9. The summed E-state index contributed by atoms with van der Waals surface area (Å²) < 4.78 is 10.8. The third kappa shape index (κ3) is 5.29. The molecule has 1 aliphatic heterocycles. The van der Waals surface area contributed by atoms with Crippen molar-refractivity contribution in [3.8, 4) is 23.8 Å². The first-order valence-electron chi connectivity index (χ1n) is 7.59. The zero-order valence-corrected chi connectivity index (χ0v) is 13.2. The van der Waals surface area contributed by atoms with Gasteiger partial charge in [-0.25, -0.2) is 0 Å². The van der Waals surface area contributed by atoms with Crippen molar-refractivity contribution in [3.63, 3.8) is 0 Å². The summed E-state index contributed by atoms with van der Waals surface area (Å²) in [7, 11) is 1.58. The Labute approximate surface area is 136 Å². The number of carbonyl (C=O) groups is 1. The average Bonchev–Trinajstić information content (AvgIpc) is 3.33. The molecule has 0 fully saturated rings. The molecule has 0 radical (unpaired) electrons. The quantitative estimate of drug-likeness (QED) is 0.674. The van der Waals surface area contributed by atoms with Gasteiger partial charge in [-0.1, -0.05) is 12.1 Å². The minimum Gasteiger partial charge on any atom is -0.493 e. The number of hydrogen-bond acceptors (Lipinski definition) is 5. The van der Waals surface area contributed by atoms with Crippen LogP contribution in [0.25, 0.3) is 0 Å². The lowest BCUT2D eigenvalue weighted by molar-refractivity contribution is -0.121. The topological polar surface area (TPSA) is 72.3 Å². The second-order valence-electron chi connectivity index (χ2n) is 5.24. The summed E-state index contributed by atoms with van der Waals surface area (Å²) in [4.78, 5) is 11.8. The predicted octanol–water partition coefficient (Wildman–Crippen LogP) is 2.55. The summed E-state index contributed by atoms with van der Waals surface area (Å²) in [5.74, 6) is 3.80. The number of nitrogens with zero attached hydrogens (tertiary/aromatic N) is 2. The molecule has 2 rings (SSSR count). The monoisotopic (exact) mass is 315 g/mol. The molecule has 1 aliphatic rings. The fraction of sp³-hybridized carbons (Fsp3) is 0.471. The van der Waals surface area contributed by atoms with Crippen LogP contribution in [0.15, 0.2) is 34.5 Å². The number of rotatable bonds is 10. The Morgan fingerprint density at radius 3 is 2.70 bits per heavy atom. The maximum absolute atomic E-state index is 11.8. The largest absolute Gasteiger partial charge is 0.493 e. The van der Waals surface area contributed by atoms with Crippen molar-refractivity contribution in [1.82, 2.24) is 5.32 Å². The van der Waals surface area contributed by atoms with Crippen molar-refractivity contribution in [1.29, 1.82) is 0 Å². The van der Waals surface area contributed by atoms with Crippen molar-refractivity contribution in [2.45, 2.75) is 31.3 Å². The Morgan fingerprint density at radius 2 is 2.04 bits per heavy atom. The van der Waals surface area contributed by atoms with E-state index in [1.54, 1.807) is 7.11 Å². The molecule has 0 unspecified atom stereocenters. The van der Waals surface area contributed by atoms with Gasteiger partial charge < -0.3 is 14.8 Å². The molecule has 122 valence electrons. The fourth-order valence-electron chi connectivity index (χ4n) is 2.15. The lowest BCUT2D eigenvalue weighted by Gasteiger charge is -2.11. The average molecular weight is 315 g/mol. The molecule has 1 amide bonds. The molecule has 0 saturated carbocycles. The minimum absolute atomic E-state index is 0.0624. The number of terminal acetylenes is 1. The Hall–Kier alpha value is -2.55. The highest BCUT2D eigenvalue weighted by Gasteiger charge is 2.38. The molecule has 1 N–H and O–H groups in total. The van der Waals surface area contributed by atoms with Crippen LogP contribution in [-0.4, -0.2) is 31.8 Å². The number of ether oxygens (including phenoxy) is 2. The van der Waals surface area contributed by atoms with Gasteiger partial charge in [0, 0.05) is 25.8 Å². The van der Waals surface area contributed by atoms with Crippen molar-refractivity contribution in [2.75, 3.05) is 20.3 Å². The summed E-state index contributed by atoms with van der Waals surface area (Å²) in [6.07, 6.45) is 7.60. The minimum atomic E-state index is -0.354. The maximum Gasteiger partial charge on any atom is 0.223 e. The van der Waals surface area contributed by atoms with Crippen molar-refractivity contribution in [3.05, 3.63) is 24.3 Å². The van der Waals surface area contributed by atoms with Crippen LogP contribution in [0.2, 0.25) is 0 Å². The molecular formula is C17H21N3O3. The lowest BCUT2D eigenvalue weighted by Crippen LogP contribution is -2.29. The van der Waals surface area contributed by atoms with E-state index in [1.165, 1.54) is 0 Å². The molecular weight excluding hydrogens is 294 g/mol. The van der Waals surface area contributed by atoms with Gasteiger partial charge in [-0.2, -0.15) is 10.2 Å². The van der Waals surface area contributed by atoms with E-state index >= 15 is 0 Å². The molecule has 0 spiro atoms. The molecule has 6 heteroatoms. The van der Waals surface area contributed by atoms with Gasteiger partial charge >= 0.3 is 0 Å². The fourth-order valence-corrected chi connectivity index (χ4v) is 2.15. The second kappa shape index (κ2) is 8.18. The molecule has 0 atom stereocenters. The molecule has 0 saturated heterocycles. The number of methoxy groups -OCH3 is 1. The Bertz CT molecular complexity index is 601. The zero-order valence-electron chi connectivity index (χ0n) is 13.2. The second-order valence-corrected chi connectivity index (χ2v) is 5.24. The SMILES string of the molecule is C#CCCC1(CCNC(=O)CCOc2ccccc2OC)N=N1. The third-order valence-electron chi connectivity index (χ3n) is 3.56. The summed E-state index contributed by atoms with van der Waals surface area (Å²) >= 11 is 0. The highest BCUT2D eigenvalue weighted by atomic mass is 16.5. The smallest absolute Gasteiger partial charge is 0.223 e. The molecule has 23 heavy (non-hydrogen) atoms. The zero-order chi connectivity index (χ0) is 16.5. The van der Waals surface area contributed by atoms with Crippen molar-refractivity contribution >= 4 is 5.91 Å². The Kier molecular flexibility index (Phi) is 5.98. The predicted molar refractivity (Wildman–Crippen MR) is 86.4 cm³/mol. The molecule has 6 nitrogen and oxygen atoms in total. The first kappa shape index (κ1) is 16.8. The van der Waals surface area contributed by atoms with Gasteiger partial charge in [-0.3, -0.25) is 4.79 Å². The number of hydrogen-bond donors (Lipinski definition) is 1.